The summed E-state index contributed by atoms with van der Waals surface area (Å²) in [5.74, 6) is 0.567. The van der Waals surface area contributed by atoms with Crippen molar-refractivity contribution in [2.24, 2.45) is 0 Å². The van der Waals surface area contributed by atoms with Crippen molar-refractivity contribution in [2.75, 3.05) is 24.0 Å². The van der Waals surface area contributed by atoms with Crippen molar-refractivity contribution in [3.8, 4) is 11.5 Å². The van der Waals surface area contributed by atoms with Crippen LogP contribution in [-0.4, -0.2) is 40.1 Å². The first-order chi connectivity index (χ1) is 16.3. The zero-order valence-corrected chi connectivity index (χ0v) is 20.0. The lowest BCUT2D eigenvalue weighted by molar-refractivity contribution is -0.127. The third-order valence-corrected chi connectivity index (χ3v) is 7.26. The second-order valence-corrected chi connectivity index (χ2v) is 10.1. The summed E-state index contributed by atoms with van der Waals surface area (Å²) in [5, 5.41) is 2.80. The molecule has 4 rings (SSSR count). The molecule has 1 amide bonds. The van der Waals surface area contributed by atoms with E-state index in [9.17, 15) is 13.2 Å². The molecule has 1 aliphatic rings. The topological polar surface area (TPSA) is 84.9 Å². The maximum absolute atomic E-state index is 13.3. The van der Waals surface area contributed by atoms with Crippen LogP contribution in [0.3, 0.4) is 0 Å². The van der Waals surface area contributed by atoms with Crippen LogP contribution in [0, 0.1) is 13.8 Å². The number of amides is 1. The molecule has 34 heavy (non-hydrogen) atoms. The predicted octanol–water partition coefficient (Wildman–Crippen LogP) is 3.60. The van der Waals surface area contributed by atoms with Crippen molar-refractivity contribution in [1.82, 2.24) is 5.32 Å². The molecule has 0 saturated carbocycles. The van der Waals surface area contributed by atoms with Crippen LogP contribution in [0.25, 0.3) is 0 Å². The molecule has 0 aliphatic carbocycles. The third kappa shape index (κ3) is 5.51. The molecule has 0 saturated heterocycles. The van der Waals surface area contributed by atoms with Crippen LogP contribution in [0.2, 0.25) is 0 Å². The standard InChI is InChI=1S/C26H28N2O5S/c1-19-12-13-23(20(2)16-19)32-15-14-27-26(29)25-17-28(22-10-6-7-11-24(22)33-25)34(30,31)18-21-8-4-3-5-9-21/h3-13,16,25H,14-15,17-18H2,1-2H3,(H,27,29)/t25-/m1/s1. The molecule has 0 bridgehead atoms. The lowest BCUT2D eigenvalue weighted by atomic mass is 10.1. The highest BCUT2D eigenvalue weighted by Gasteiger charge is 2.36. The minimum Gasteiger partial charge on any atom is -0.491 e. The molecule has 1 heterocycles. The van der Waals surface area contributed by atoms with E-state index in [4.69, 9.17) is 9.47 Å². The van der Waals surface area contributed by atoms with E-state index in [1.54, 1.807) is 48.5 Å². The van der Waals surface area contributed by atoms with E-state index in [0.717, 1.165) is 16.9 Å². The van der Waals surface area contributed by atoms with Gasteiger partial charge in [-0.05, 0) is 43.2 Å². The molecule has 3 aromatic carbocycles. The summed E-state index contributed by atoms with van der Waals surface area (Å²) >= 11 is 0. The van der Waals surface area contributed by atoms with Crippen molar-refractivity contribution in [3.05, 3.63) is 89.5 Å². The second kappa shape index (κ2) is 10.2. The molecule has 0 unspecified atom stereocenters. The molecule has 7 nitrogen and oxygen atoms in total. The van der Waals surface area contributed by atoms with E-state index in [-0.39, 0.29) is 25.4 Å². The third-order valence-electron chi connectivity index (χ3n) is 5.54. The van der Waals surface area contributed by atoms with E-state index in [1.807, 2.05) is 38.1 Å². The molecule has 0 fully saturated rings. The van der Waals surface area contributed by atoms with Crippen LogP contribution < -0.4 is 19.1 Å². The summed E-state index contributed by atoms with van der Waals surface area (Å²) in [4.78, 5) is 12.8. The highest BCUT2D eigenvalue weighted by Crippen LogP contribution is 2.35. The van der Waals surface area contributed by atoms with Crippen LogP contribution in [0.15, 0.2) is 72.8 Å². The number of nitrogens with zero attached hydrogens (tertiary/aromatic N) is 1. The predicted molar refractivity (Wildman–Crippen MR) is 132 cm³/mol. The summed E-state index contributed by atoms with van der Waals surface area (Å²) in [6.07, 6.45) is -0.971. The molecule has 1 N–H and O–H groups in total. The van der Waals surface area contributed by atoms with Crippen molar-refractivity contribution in [3.63, 3.8) is 0 Å². The zero-order chi connectivity index (χ0) is 24.1. The van der Waals surface area contributed by atoms with Crippen molar-refractivity contribution < 1.29 is 22.7 Å². The van der Waals surface area contributed by atoms with Gasteiger partial charge in [0.05, 0.1) is 24.5 Å². The summed E-state index contributed by atoms with van der Waals surface area (Å²) in [7, 11) is -3.74. The number of sulfonamides is 1. The number of carbonyl (C=O) groups is 1. The Balaban J connectivity index is 1.42. The molecule has 0 aromatic heterocycles. The summed E-state index contributed by atoms with van der Waals surface area (Å²) < 4.78 is 39.5. The van der Waals surface area contributed by atoms with Gasteiger partial charge in [0.25, 0.3) is 5.91 Å². The Hall–Kier alpha value is -3.52. The fraction of sp³-hybridized carbons (Fsp3) is 0.269. The fourth-order valence-corrected chi connectivity index (χ4v) is 5.46. The summed E-state index contributed by atoms with van der Waals surface area (Å²) in [5.41, 5.74) is 3.29. The Morgan fingerprint density at radius 1 is 1.06 bits per heavy atom. The summed E-state index contributed by atoms with van der Waals surface area (Å²) in [6, 6.07) is 21.7. The van der Waals surface area contributed by atoms with Gasteiger partial charge in [-0.15, -0.1) is 0 Å². The van der Waals surface area contributed by atoms with Crippen LogP contribution in [0.5, 0.6) is 11.5 Å². The number of carbonyl (C=O) groups excluding carboxylic acids is 1. The van der Waals surface area contributed by atoms with Gasteiger partial charge >= 0.3 is 0 Å². The van der Waals surface area contributed by atoms with Gasteiger partial charge in [-0.3, -0.25) is 9.10 Å². The van der Waals surface area contributed by atoms with E-state index in [2.05, 4.69) is 5.32 Å². The van der Waals surface area contributed by atoms with E-state index in [1.165, 1.54) is 4.31 Å². The number of rotatable bonds is 8. The maximum Gasteiger partial charge on any atom is 0.263 e. The molecular weight excluding hydrogens is 452 g/mol. The van der Waals surface area contributed by atoms with Gasteiger partial charge < -0.3 is 14.8 Å². The van der Waals surface area contributed by atoms with Crippen molar-refractivity contribution >= 4 is 21.6 Å². The van der Waals surface area contributed by atoms with Gasteiger partial charge in [0, 0.05) is 0 Å². The lowest BCUT2D eigenvalue weighted by Gasteiger charge is -2.34. The number of hydrogen-bond donors (Lipinski definition) is 1. The molecule has 1 atom stereocenters. The molecule has 3 aromatic rings. The Labute approximate surface area is 200 Å². The molecule has 8 heteroatoms. The Kier molecular flexibility index (Phi) is 7.07. The van der Waals surface area contributed by atoms with Crippen molar-refractivity contribution in [2.45, 2.75) is 25.7 Å². The Morgan fingerprint density at radius 3 is 2.56 bits per heavy atom. The first-order valence-corrected chi connectivity index (χ1v) is 12.7. The van der Waals surface area contributed by atoms with Gasteiger partial charge in [0.1, 0.15) is 18.1 Å². The average Bonchev–Trinajstić information content (AvgIpc) is 2.82. The minimum atomic E-state index is -3.74. The minimum absolute atomic E-state index is 0.101. The Bertz CT molecular complexity index is 1260. The molecule has 0 radical (unpaired) electrons. The fourth-order valence-electron chi connectivity index (χ4n) is 3.88. The van der Waals surface area contributed by atoms with E-state index < -0.39 is 22.0 Å². The van der Waals surface area contributed by atoms with Gasteiger partial charge in [-0.1, -0.05) is 60.2 Å². The number of para-hydroxylation sites is 2. The summed E-state index contributed by atoms with van der Waals surface area (Å²) in [6.45, 7) is 4.44. The van der Waals surface area contributed by atoms with Gasteiger partial charge in [0.2, 0.25) is 10.0 Å². The molecule has 1 aliphatic heterocycles. The number of ether oxygens (including phenoxy) is 2. The van der Waals surface area contributed by atoms with Crippen LogP contribution in [0.4, 0.5) is 5.69 Å². The normalized spacial score (nSPS) is 15.2. The monoisotopic (exact) mass is 480 g/mol. The smallest absolute Gasteiger partial charge is 0.263 e. The van der Waals surface area contributed by atoms with Gasteiger partial charge in [-0.25, -0.2) is 8.42 Å². The highest BCUT2D eigenvalue weighted by molar-refractivity contribution is 7.92. The molecule has 178 valence electrons. The molecule has 0 spiro atoms. The number of hydrogen-bond acceptors (Lipinski definition) is 5. The second-order valence-electron chi connectivity index (χ2n) is 8.26. The average molecular weight is 481 g/mol. The highest BCUT2D eigenvalue weighted by atomic mass is 32.2. The van der Waals surface area contributed by atoms with Crippen LogP contribution in [-0.2, 0) is 20.6 Å². The largest absolute Gasteiger partial charge is 0.491 e. The number of benzene rings is 3. The molecular formula is C26H28N2O5S. The quantitative estimate of drug-likeness (QED) is 0.498. The van der Waals surface area contributed by atoms with Crippen LogP contribution in [0.1, 0.15) is 16.7 Å². The first-order valence-electron chi connectivity index (χ1n) is 11.1. The van der Waals surface area contributed by atoms with Crippen LogP contribution >= 0.6 is 0 Å². The Morgan fingerprint density at radius 2 is 1.79 bits per heavy atom. The van der Waals surface area contributed by atoms with Crippen molar-refractivity contribution in [1.29, 1.82) is 0 Å². The SMILES string of the molecule is Cc1ccc(OCCNC(=O)[C@H]2CN(S(=O)(=O)Cc3ccccc3)c3ccccc3O2)c(C)c1. The number of anilines is 1. The lowest BCUT2D eigenvalue weighted by Crippen LogP contribution is -2.51. The first kappa shape index (κ1) is 23.6. The van der Waals surface area contributed by atoms with E-state index >= 15 is 0 Å². The number of fused-ring (bicyclic) bond motifs is 1. The zero-order valence-electron chi connectivity index (χ0n) is 19.2. The number of nitrogens with one attached hydrogen (secondary N) is 1. The van der Waals surface area contributed by atoms with E-state index in [0.29, 0.717) is 17.0 Å². The maximum atomic E-state index is 13.3. The van der Waals surface area contributed by atoms with Gasteiger partial charge in [-0.2, -0.15) is 0 Å². The van der Waals surface area contributed by atoms with Gasteiger partial charge in [0.15, 0.2) is 6.10 Å². The number of aryl methyl sites for hydroxylation is 2.